The summed E-state index contributed by atoms with van der Waals surface area (Å²) >= 11 is 0. The van der Waals surface area contributed by atoms with Crippen molar-refractivity contribution >= 4 is 11.9 Å². The minimum atomic E-state index is -0.987. The maximum atomic E-state index is 13.3. The molecule has 0 bridgehead atoms. The van der Waals surface area contributed by atoms with Crippen molar-refractivity contribution in [3.05, 3.63) is 47.8 Å². The van der Waals surface area contributed by atoms with Crippen LogP contribution in [0.4, 0.5) is 8.78 Å². The van der Waals surface area contributed by atoms with Crippen molar-refractivity contribution in [2.45, 2.75) is 12.5 Å². The van der Waals surface area contributed by atoms with Gasteiger partial charge in [-0.1, -0.05) is 0 Å². The zero-order valence-electron chi connectivity index (χ0n) is 11.3. The van der Waals surface area contributed by atoms with Gasteiger partial charge in [0, 0.05) is 24.4 Å². The number of hydrogen-bond acceptors (Lipinski definition) is 2. The molecule has 114 valence electrons. The summed E-state index contributed by atoms with van der Waals surface area (Å²) in [7, 11) is 0. The first-order chi connectivity index (χ1) is 10.4. The van der Waals surface area contributed by atoms with Crippen molar-refractivity contribution in [2.24, 2.45) is 0 Å². The van der Waals surface area contributed by atoms with Crippen LogP contribution in [0.15, 0.2) is 30.5 Å². The molecular formula is C15H12F2N2O3. The average molecular weight is 306 g/mol. The van der Waals surface area contributed by atoms with Crippen molar-refractivity contribution in [3.8, 4) is 11.1 Å². The molecule has 22 heavy (non-hydrogen) atoms. The number of aromatic nitrogens is 1. The van der Waals surface area contributed by atoms with Gasteiger partial charge in [0.2, 0.25) is 0 Å². The number of halogens is 2. The van der Waals surface area contributed by atoms with E-state index in [1.165, 1.54) is 6.07 Å². The molecule has 1 amide bonds. The monoisotopic (exact) mass is 306 g/mol. The number of carbonyl (C=O) groups is 2. The number of amides is 1. The molecule has 0 aliphatic carbocycles. The van der Waals surface area contributed by atoms with E-state index in [0.717, 1.165) is 18.2 Å². The first-order valence-electron chi connectivity index (χ1n) is 6.62. The van der Waals surface area contributed by atoms with E-state index in [1.807, 2.05) is 0 Å². The van der Waals surface area contributed by atoms with E-state index in [-0.39, 0.29) is 24.6 Å². The summed E-state index contributed by atoms with van der Waals surface area (Å²) in [5.74, 6) is -2.76. The number of nitrogens with one attached hydrogen (secondary N) is 1. The zero-order chi connectivity index (χ0) is 15.9. The molecule has 0 saturated carbocycles. The van der Waals surface area contributed by atoms with Crippen LogP contribution in [-0.2, 0) is 4.79 Å². The molecule has 0 spiro atoms. The minimum Gasteiger partial charge on any atom is -0.481 e. The largest absolute Gasteiger partial charge is 0.481 e. The van der Waals surface area contributed by atoms with Gasteiger partial charge in [0.1, 0.15) is 17.3 Å². The fraction of sp³-hybridized carbons (Fsp3) is 0.200. The summed E-state index contributed by atoms with van der Waals surface area (Å²) in [6.45, 7) is 0.198. The van der Waals surface area contributed by atoms with Crippen molar-refractivity contribution in [1.29, 1.82) is 0 Å². The third-order valence-corrected chi connectivity index (χ3v) is 3.58. The molecule has 2 heterocycles. The molecule has 1 aromatic carbocycles. The number of rotatable bonds is 3. The highest BCUT2D eigenvalue weighted by Crippen LogP contribution is 2.29. The van der Waals surface area contributed by atoms with E-state index < -0.39 is 23.6 Å². The molecule has 0 saturated heterocycles. The van der Waals surface area contributed by atoms with Crippen LogP contribution in [0.1, 0.15) is 23.0 Å². The third kappa shape index (κ3) is 2.57. The van der Waals surface area contributed by atoms with E-state index in [9.17, 15) is 18.4 Å². The second-order valence-electron chi connectivity index (χ2n) is 5.14. The van der Waals surface area contributed by atoms with Gasteiger partial charge in [-0.15, -0.1) is 0 Å². The van der Waals surface area contributed by atoms with E-state index in [0.29, 0.717) is 11.1 Å². The molecule has 1 aliphatic heterocycles. The highest BCUT2D eigenvalue weighted by molar-refractivity contribution is 5.95. The average Bonchev–Trinajstić information content (AvgIpc) is 2.87. The van der Waals surface area contributed by atoms with Crippen molar-refractivity contribution in [2.75, 3.05) is 6.54 Å². The number of carboxylic acids is 1. The SMILES string of the molecule is O=C(O)CC1CNC(=O)c2cc(-c3cc(F)cc(F)c3)cn21. The zero-order valence-corrected chi connectivity index (χ0v) is 11.3. The number of aliphatic carboxylic acids is 1. The van der Waals surface area contributed by atoms with Crippen LogP contribution in [0.2, 0.25) is 0 Å². The highest BCUT2D eigenvalue weighted by atomic mass is 19.1. The topological polar surface area (TPSA) is 71.3 Å². The number of carbonyl (C=O) groups excluding carboxylic acids is 1. The third-order valence-electron chi connectivity index (χ3n) is 3.58. The molecule has 1 unspecified atom stereocenters. The Morgan fingerprint density at radius 2 is 1.91 bits per heavy atom. The summed E-state index contributed by atoms with van der Waals surface area (Å²) in [4.78, 5) is 22.8. The Kier molecular flexibility index (Phi) is 3.40. The molecule has 2 N–H and O–H groups in total. The number of hydrogen-bond donors (Lipinski definition) is 2. The summed E-state index contributed by atoms with van der Waals surface area (Å²) < 4.78 is 28.2. The molecule has 5 nitrogen and oxygen atoms in total. The maximum Gasteiger partial charge on any atom is 0.305 e. The molecule has 1 atom stereocenters. The Morgan fingerprint density at radius 3 is 2.55 bits per heavy atom. The fourth-order valence-electron chi connectivity index (χ4n) is 2.61. The lowest BCUT2D eigenvalue weighted by Crippen LogP contribution is -2.39. The molecular weight excluding hydrogens is 294 g/mol. The summed E-state index contributed by atoms with van der Waals surface area (Å²) in [6.07, 6.45) is 1.40. The Labute approximate surface area is 124 Å². The minimum absolute atomic E-state index is 0.154. The number of carboxylic acid groups (broad SMARTS) is 1. The van der Waals surface area contributed by atoms with Crippen LogP contribution < -0.4 is 5.32 Å². The van der Waals surface area contributed by atoms with Gasteiger partial charge in [0.25, 0.3) is 5.91 Å². The summed E-state index contributed by atoms with van der Waals surface area (Å²) in [5, 5.41) is 11.5. The van der Waals surface area contributed by atoms with E-state index in [2.05, 4.69) is 5.32 Å². The van der Waals surface area contributed by atoms with Crippen LogP contribution in [0.3, 0.4) is 0 Å². The van der Waals surface area contributed by atoms with Crippen molar-refractivity contribution in [1.82, 2.24) is 9.88 Å². The lowest BCUT2D eigenvalue weighted by atomic mass is 10.1. The van der Waals surface area contributed by atoms with Gasteiger partial charge in [-0.05, 0) is 23.8 Å². The van der Waals surface area contributed by atoms with Crippen LogP contribution in [0, 0.1) is 11.6 Å². The standard InChI is InChI=1S/C15H12F2N2O3/c16-10-1-8(2-11(17)4-10)9-3-13-15(22)18-6-12(5-14(20)21)19(13)7-9/h1-4,7,12H,5-6H2,(H,18,22)(H,20,21). The molecule has 1 aromatic heterocycles. The fourth-order valence-corrected chi connectivity index (χ4v) is 2.61. The number of fused-ring (bicyclic) bond motifs is 1. The number of nitrogens with zero attached hydrogens (tertiary/aromatic N) is 1. The van der Waals surface area contributed by atoms with Crippen LogP contribution in [0.25, 0.3) is 11.1 Å². The van der Waals surface area contributed by atoms with Gasteiger partial charge in [-0.3, -0.25) is 9.59 Å². The first-order valence-corrected chi connectivity index (χ1v) is 6.62. The Hall–Kier alpha value is -2.70. The normalized spacial score (nSPS) is 17.0. The van der Waals surface area contributed by atoms with Gasteiger partial charge in [-0.2, -0.15) is 0 Å². The van der Waals surface area contributed by atoms with Gasteiger partial charge < -0.3 is 15.0 Å². The first kappa shape index (κ1) is 14.2. The smallest absolute Gasteiger partial charge is 0.305 e. The Morgan fingerprint density at radius 1 is 1.23 bits per heavy atom. The lowest BCUT2D eigenvalue weighted by molar-refractivity contribution is -0.137. The molecule has 7 heteroatoms. The molecule has 0 fully saturated rings. The van der Waals surface area contributed by atoms with Crippen LogP contribution >= 0.6 is 0 Å². The molecule has 1 aliphatic rings. The van der Waals surface area contributed by atoms with Gasteiger partial charge in [0.05, 0.1) is 12.5 Å². The quantitative estimate of drug-likeness (QED) is 0.913. The Bertz CT molecular complexity index is 750. The van der Waals surface area contributed by atoms with Crippen LogP contribution in [-0.4, -0.2) is 28.1 Å². The maximum absolute atomic E-state index is 13.3. The summed E-state index contributed by atoms with van der Waals surface area (Å²) in [6, 6.07) is 4.15. The van der Waals surface area contributed by atoms with Gasteiger partial charge >= 0.3 is 5.97 Å². The molecule has 0 radical (unpaired) electrons. The van der Waals surface area contributed by atoms with Crippen LogP contribution in [0.5, 0.6) is 0 Å². The second kappa shape index (κ2) is 5.25. The van der Waals surface area contributed by atoms with E-state index >= 15 is 0 Å². The molecule has 3 rings (SSSR count). The van der Waals surface area contributed by atoms with E-state index in [4.69, 9.17) is 5.11 Å². The van der Waals surface area contributed by atoms with Gasteiger partial charge in [-0.25, -0.2) is 8.78 Å². The van der Waals surface area contributed by atoms with Gasteiger partial charge in [0.15, 0.2) is 0 Å². The van der Waals surface area contributed by atoms with Crippen molar-refractivity contribution in [3.63, 3.8) is 0 Å². The lowest BCUT2D eigenvalue weighted by Gasteiger charge is -2.25. The predicted molar refractivity (Wildman–Crippen MR) is 73.4 cm³/mol. The summed E-state index contributed by atoms with van der Waals surface area (Å²) in [5.41, 5.74) is 1.03. The number of benzene rings is 1. The Balaban J connectivity index is 2.05. The second-order valence-corrected chi connectivity index (χ2v) is 5.14. The molecule has 2 aromatic rings. The van der Waals surface area contributed by atoms with Crippen molar-refractivity contribution < 1.29 is 23.5 Å². The predicted octanol–water partition coefficient (Wildman–Crippen LogP) is 2.19. The highest BCUT2D eigenvalue weighted by Gasteiger charge is 2.27. The van der Waals surface area contributed by atoms with E-state index in [1.54, 1.807) is 10.8 Å².